The predicted octanol–water partition coefficient (Wildman–Crippen LogP) is 4.23. The van der Waals surface area contributed by atoms with Crippen LogP contribution in [0.15, 0.2) is 24.3 Å². The van der Waals surface area contributed by atoms with Gasteiger partial charge in [-0.3, -0.25) is 0 Å². The summed E-state index contributed by atoms with van der Waals surface area (Å²) in [4.78, 5) is 2.49. The Morgan fingerprint density at radius 3 is 2.30 bits per heavy atom. The van der Waals surface area contributed by atoms with Crippen LogP contribution in [0.1, 0.15) is 52.6 Å². The van der Waals surface area contributed by atoms with Crippen molar-refractivity contribution < 1.29 is 0 Å². The van der Waals surface area contributed by atoms with E-state index in [1.54, 1.807) is 0 Å². The van der Waals surface area contributed by atoms with Crippen molar-refractivity contribution in [2.24, 2.45) is 11.3 Å². The third-order valence-corrected chi connectivity index (χ3v) is 4.57. The van der Waals surface area contributed by atoms with E-state index >= 15 is 0 Å². The molecule has 2 nitrogen and oxygen atoms in total. The number of rotatable bonds is 5. The standard InChI is InChI=1S/C18H30N2/c1-6-11-19-14(2)15-7-9-17(10-8-15)20-12-16(13-20)18(3,4)5/h7-10,14,16,19H,6,11-13H2,1-5H3. The van der Waals surface area contributed by atoms with Gasteiger partial charge in [0.05, 0.1) is 0 Å². The molecule has 0 aromatic heterocycles. The number of nitrogens with one attached hydrogen (secondary N) is 1. The lowest BCUT2D eigenvalue weighted by molar-refractivity contribution is 0.195. The van der Waals surface area contributed by atoms with Crippen molar-refractivity contribution in [2.75, 3.05) is 24.5 Å². The van der Waals surface area contributed by atoms with Gasteiger partial charge in [0.2, 0.25) is 0 Å². The summed E-state index contributed by atoms with van der Waals surface area (Å²) in [5.74, 6) is 0.826. The molecule has 20 heavy (non-hydrogen) atoms. The van der Waals surface area contributed by atoms with Gasteiger partial charge in [0.15, 0.2) is 0 Å². The van der Waals surface area contributed by atoms with Crippen LogP contribution in [0.4, 0.5) is 5.69 Å². The maximum atomic E-state index is 3.54. The van der Waals surface area contributed by atoms with Gasteiger partial charge in [-0.25, -0.2) is 0 Å². The molecule has 1 saturated heterocycles. The average molecular weight is 274 g/mol. The summed E-state index contributed by atoms with van der Waals surface area (Å²) in [7, 11) is 0. The van der Waals surface area contributed by atoms with E-state index in [2.05, 4.69) is 69.1 Å². The summed E-state index contributed by atoms with van der Waals surface area (Å²) in [5, 5.41) is 3.54. The summed E-state index contributed by atoms with van der Waals surface area (Å²) >= 11 is 0. The van der Waals surface area contributed by atoms with Crippen molar-refractivity contribution >= 4 is 5.69 Å². The van der Waals surface area contributed by atoms with E-state index in [1.807, 2.05) is 0 Å². The van der Waals surface area contributed by atoms with Crippen LogP contribution in [0.2, 0.25) is 0 Å². The highest BCUT2D eigenvalue weighted by Crippen LogP contribution is 2.36. The Morgan fingerprint density at radius 2 is 1.80 bits per heavy atom. The second-order valence-electron chi connectivity index (χ2n) is 7.24. The van der Waals surface area contributed by atoms with E-state index in [1.165, 1.54) is 30.8 Å². The molecular formula is C18H30N2. The highest BCUT2D eigenvalue weighted by atomic mass is 15.2. The van der Waals surface area contributed by atoms with Gasteiger partial charge < -0.3 is 10.2 Å². The van der Waals surface area contributed by atoms with Crippen LogP contribution in [0.5, 0.6) is 0 Å². The zero-order valence-corrected chi connectivity index (χ0v) is 13.7. The fraction of sp³-hybridized carbons (Fsp3) is 0.667. The Kier molecular flexibility index (Phi) is 4.74. The topological polar surface area (TPSA) is 15.3 Å². The fourth-order valence-electron chi connectivity index (χ4n) is 2.69. The van der Waals surface area contributed by atoms with Crippen LogP contribution in [-0.4, -0.2) is 19.6 Å². The minimum absolute atomic E-state index is 0.440. The molecule has 0 saturated carbocycles. The molecule has 2 rings (SSSR count). The van der Waals surface area contributed by atoms with Gasteiger partial charge in [-0.1, -0.05) is 39.8 Å². The fourth-order valence-corrected chi connectivity index (χ4v) is 2.69. The molecule has 2 heteroatoms. The van der Waals surface area contributed by atoms with Crippen LogP contribution >= 0.6 is 0 Å². The minimum Gasteiger partial charge on any atom is -0.371 e. The maximum absolute atomic E-state index is 3.54. The predicted molar refractivity (Wildman–Crippen MR) is 88.3 cm³/mol. The van der Waals surface area contributed by atoms with Crippen molar-refractivity contribution in [2.45, 2.75) is 47.1 Å². The van der Waals surface area contributed by atoms with E-state index in [0.717, 1.165) is 12.5 Å². The first-order valence-corrected chi connectivity index (χ1v) is 8.00. The van der Waals surface area contributed by atoms with E-state index < -0.39 is 0 Å². The Bertz CT molecular complexity index is 410. The molecule has 1 aromatic rings. The summed E-state index contributed by atoms with van der Waals surface area (Å²) in [6.07, 6.45) is 1.18. The van der Waals surface area contributed by atoms with Gasteiger partial charge in [-0.05, 0) is 48.9 Å². The number of nitrogens with zero attached hydrogens (tertiary/aromatic N) is 1. The molecule has 1 heterocycles. The summed E-state index contributed by atoms with van der Waals surface area (Å²) in [6.45, 7) is 15.0. The largest absolute Gasteiger partial charge is 0.371 e. The first kappa shape index (κ1) is 15.4. The molecule has 0 spiro atoms. The smallest absolute Gasteiger partial charge is 0.0366 e. The lowest BCUT2D eigenvalue weighted by atomic mass is 9.76. The van der Waals surface area contributed by atoms with E-state index in [0.29, 0.717) is 11.5 Å². The molecule has 0 radical (unpaired) electrons. The Balaban J connectivity index is 1.90. The molecule has 112 valence electrons. The Morgan fingerprint density at radius 1 is 1.20 bits per heavy atom. The van der Waals surface area contributed by atoms with Crippen molar-refractivity contribution in [3.63, 3.8) is 0 Å². The second kappa shape index (κ2) is 6.17. The lowest BCUT2D eigenvalue weighted by Crippen LogP contribution is -2.52. The lowest BCUT2D eigenvalue weighted by Gasteiger charge is -2.47. The van der Waals surface area contributed by atoms with Gasteiger partial charge in [0, 0.05) is 24.8 Å². The number of benzene rings is 1. The SMILES string of the molecule is CCCNC(C)c1ccc(N2CC(C(C)(C)C)C2)cc1. The molecule has 1 fully saturated rings. The highest BCUT2D eigenvalue weighted by Gasteiger charge is 2.35. The molecule has 1 atom stereocenters. The monoisotopic (exact) mass is 274 g/mol. The first-order valence-electron chi connectivity index (χ1n) is 8.00. The maximum Gasteiger partial charge on any atom is 0.0366 e. The highest BCUT2D eigenvalue weighted by molar-refractivity contribution is 5.50. The van der Waals surface area contributed by atoms with Crippen LogP contribution in [0.25, 0.3) is 0 Å². The molecule has 1 aliphatic rings. The number of hydrogen-bond donors (Lipinski definition) is 1. The number of hydrogen-bond acceptors (Lipinski definition) is 2. The van der Waals surface area contributed by atoms with Crippen LogP contribution in [0, 0.1) is 11.3 Å². The average Bonchev–Trinajstić information content (AvgIpc) is 2.33. The van der Waals surface area contributed by atoms with Crippen LogP contribution < -0.4 is 10.2 Å². The molecule has 0 aliphatic carbocycles. The van der Waals surface area contributed by atoms with Crippen LogP contribution in [-0.2, 0) is 0 Å². The number of anilines is 1. The Hall–Kier alpha value is -1.02. The molecular weight excluding hydrogens is 244 g/mol. The molecule has 1 N–H and O–H groups in total. The van der Waals surface area contributed by atoms with E-state index in [4.69, 9.17) is 0 Å². The van der Waals surface area contributed by atoms with Gasteiger partial charge in [0.25, 0.3) is 0 Å². The molecule has 1 aromatic carbocycles. The van der Waals surface area contributed by atoms with E-state index in [9.17, 15) is 0 Å². The van der Waals surface area contributed by atoms with Gasteiger partial charge in [-0.2, -0.15) is 0 Å². The summed E-state index contributed by atoms with van der Waals surface area (Å²) in [5.41, 5.74) is 3.20. The van der Waals surface area contributed by atoms with Gasteiger partial charge in [0.1, 0.15) is 0 Å². The van der Waals surface area contributed by atoms with Crippen molar-refractivity contribution in [1.29, 1.82) is 0 Å². The normalized spacial score (nSPS) is 17.9. The Labute approximate surface area is 124 Å². The van der Waals surface area contributed by atoms with Crippen molar-refractivity contribution in [3.8, 4) is 0 Å². The van der Waals surface area contributed by atoms with Crippen molar-refractivity contribution in [3.05, 3.63) is 29.8 Å². The van der Waals surface area contributed by atoms with Crippen LogP contribution in [0.3, 0.4) is 0 Å². The zero-order valence-electron chi connectivity index (χ0n) is 13.7. The molecule has 0 amide bonds. The summed E-state index contributed by atoms with van der Waals surface area (Å²) < 4.78 is 0. The quantitative estimate of drug-likeness (QED) is 0.864. The minimum atomic E-state index is 0.440. The summed E-state index contributed by atoms with van der Waals surface area (Å²) in [6, 6.07) is 9.54. The third-order valence-electron chi connectivity index (χ3n) is 4.57. The third kappa shape index (κ3) is 3.54. The van der Waals surface area contributed by atoms with E-state index in [-0.39, 0.29) is 0 Å². The molecule has 1 aliphatic heterocycles. The first-order chi connectivity index (χ1) is 9.41. The molecule has 0 bridgehead atoms. The van der Waals surface area contributed by atoms with Gasteiger partial charge >= 0.3 is 0 Å². The second-order valence-corrected chi connectivity index (χ2v) is 7.24. The molecule has 1 unspecified atom stereocenters. The zero-order chi connectivity index (χ0) is 14.8. The van der Waals surface area contributed by atoms with Crippen molar-refractivity contribution in [1.82, 2.24) is 5.32 Å². The van der Waals surface area contributed by atoms with Gasteiger partial charge in [-0.15, -0.1) is 0 Å².